The smallest absolute Gasteiger partial charge is 0.480 e. The van der Waals surface area contributed by atoms with Crippen molar-refractivity contribution in [3.05, 3.63) is 33.1 Å². The molecule has 2 saturated heterocycles. The van der Waals surface area contributed by atoms with Gasteiger partial charge < -0.3 is 86.7 Å². The lowest BCUT2D eigenvalue weighted by atomic mass is 9.96. The van der Waals surface area contributed by atoms with Crippen molar-refractivity contribution in [1.82, 2.24) is 30.8 Å². The first-order valence-electron chi connectivity index (χ1n) is 20.7. The van der Waals surface area contributed by atoms with E-state index in [9.17, 15) is 92.7 Å². The molecule has 0 spiro atoms. The molecule has 2 aliphatic rings. The molecule has 0 radical (unpaired) electrons. The molecular formula is C35H55N7O26P2. The predicted molar refractivity (Wildman–Crippen MR) is 224 cm³/mol. The molecule has 0 aliphatic carbocycles. The average Bonchev–Trinajstić information content (AvgIpc) is 3.53. The molecule has 396 valence electrons. The molecule has 33 nitrogen and oxygen atoms in total. The maximum atomic E-state index is 13.2. The molecule has 0 saturated carbocycles. The zero-order valence-corrected chi connectivity index (χ0v) is 38.9. The van der Waals surface area contributed by atoms with Crippen LogP contribution in [0.4, 0.5) is 0 Å². The number of ether oxygens (including phenoxy) is 3. The number of hydrogen-bond donors (Lipinski definition) is 15. The number of phosphoric acid groups is 2. The Balaban J connectivity index is 1.64. The molecule has 16 atom stereocenters. The van der Waals surface area contributed by atoms with Crippen molar-refractivity contribution in [3.8, 4) is 0 Å². The SMILES string of the molecule is CC(=O)N[C@H]1C(OP(=O)(O)OP(=O)(O)OC[C@H]2O[C@@H](n3ccc(=O)[nH]c3=O)[C@H](O)[C@@H]2O)O[C@H](CO)[C@@H](O)[C@@H]1O[C@H](C)C(=O)N[C@@H](C)C(=O)N[C@H](CCC(=O)N[C@@H](CCC[C@@H](N)C(=O)O)C(=O)O)C(=O)O. The number of aromatic amines is 1. The van der Waals surface area contributed by atoms with Gasteiger partial charge in [-0.25, -0.2) is 23.5 Å². The van der Waals surface area contributed by atoms with Crippen LogP contribution in [0.3, 0.4) is 0 Å². The summed E-state index contributed by atoms with van der Waals surface area (Å²) in [4.78, 5) is 132. The second-order valence-electron chi connectivity index (χ2n) is 15.7. The average molecular weight is 1050 g/mol. The molecular weight excluding hydrogens is 996 g/mol. The van der Waals surface area contributed by atoms with E-state index in [4.69, 9.17) is 29.6 Å². The summed E-state index contributed by atoms with van der Waals surface area (Å²) in [7, 11) is -11.7. The number of carboxylic acids is 3. The highest BCUT2D eigenvalue weighted by Gasteiger charge is 2.52. The van der Waals surface area contributed by atoms with Crippen molar-refractivity contribution in [1.29, 1.82) is 0 Å². The van der Waals surface area contributed by atoms with Gasteiger partial charge in [-0.15, -0.1) is 0 Å². The minimum Gasteiger partial charge on any atom is -0.480 e. The van der Waals surface area contributed by atoms with Crippen LogP contribution in [-0.2, 0) is 70.3 Å². The Labute approximate surface area is 393 Å². The molecule has 3 heterocycles. The molecule has 4 amide bonds. The van der Waals surface area contributed by atoms with Gasteiger partial charge >= 0.3 is 39.2 Å². The number of aliphatic hydroxyl groups excluding tert-OH is 4. The summed E-state index contributed by atoms with van der Waals surface area (Å²) < 4.78 is 56.8. The van der Waals surface area contributed by atoms with Crippen molar-refractivity contribution in [2.45, 2.75) is 138 Å². The highest BCUT2D eigenvalue weighted by molar-refractivity contribution is 7.61. The van der Waals surface area contributed by atoms with Crippen LogP contribution in [0.5, 0.6) is 0 Å². The number of carbonyl (C=O) groups is 7. The summed E-state index contributed by atoms with van der Waals surface area (Å²) >= 11 is 0. The summed E-state index contributed by atoms with van der Waals surface area (Å²) in [6.07, 6.45) is -17.6. The van der Waals surface area contributed by atoms with Gasteiger partial charge in [0.15, 0.2) is 12.5 Å². The lowest BCUT2D eigenvalue weighted by Crippen LogP contribution is -2.66. The van der Waals surface area contributed by atoms with Crippen molar-refractivity contribution in [2.24, 2.45) is 5.73 Å². The Bertz CT molecular complexity index is 2270. The van der Waals surface area contributed by atoms with Crippen LogP contribution >= 0.6 is 15.6 Å². The van der Waals surface area contributed by atoms with Crippen LogP contribution in [-0.4, -0.2) is 189 Å². The number of H-pyrrole nitrogens is 1. The Hall–Kier alpha value is -5.09. The number of amides is 4. The third kappa shape index (κ3) is 17.3. The number of carbonyl (C=O) groups excluding carboxylic acids is 4. The van der Waals surface area contributed by atoms with Gasteiger partial charge in [0.05, 0.1) is 13.2 Å². The normalized spacial score (nSPS) is 27.3. The number of aliphatic hydroxyl groups is 4. The number of nitrogens with one attached hydrogen (secondary N) is 5. The van der Waals surface area contributed by atoms with E-state index >= 15 is 0 Å². The quantitative estimate of drug-likeness (QED) is 0.0365. The maximum Gasteiger partial charge on any atom is 0.483 e. The van der Waals surface area contributed by atoms with Gasteiger partial charge in [-0.1, -0.05) is 0 Å². The second kappa shape index (κ2) is 25.9. The van der Waals surface area contributed by atoms with Gasteiger partial charge in [-0.2, -0.15) is 4.31 Å². The van der Waals surface area contributed by atoms with Gasteiger partial charge in [0.25, 0.3) is 5.56 Å². The molecule has 0 bridgehead atoms. The van der Waals surface area contributed by atoms with Crippen molar-refractivity contribution in [3.63, 3.8) is 0 Å². The zero-order chi connectivity index (χ0) is 53.0. The van der Waals surface area contributed by atoms with E-state index in [0.717, 1.165) is 33.0 Å². The Kier molecular flexibility index (Phi) is 21.9. The number of hydrogen-bond acceptors (Lipinski definition) is 22. The number of nitrogens with zero attached hydrogens (tertiary/aromatic N) is 1. The van der Waals surface area contributed by atoms with Crippen LogP contribution < -0.4 is 38.2 Å². The fourth-order valence-electron chi connectivity index (χ4n) is 6.62. The van der Waals surface area contributed by atoms with Gasteiger partial charge in [-0.05, 0) is 39.5 Å². The molecule has 2 fully saturated rings. The summed E-state index contributed by atoms with van der Waals surface area (Å²) in [5.74, 6) is -8.57. The van der Waals surface area contributed by atoms with E-state index in [2.05, 4.69) is 30.1 Å². The van der Waals surface area contributed by atoms with Gasteiger partial charge in [0.1, 0.15) is 72.9 Å². The highest BCUT2D eigenvalue weighted by atomic mass is 31.3. The second-order valence-corrected chi connectivity index (χ2v) is 18.7. The van der Waals surface area contributed by atoms with Crippen LogP contribution in [0.25, 0.3) is 0 Å². The van der Waals surface area contributed by atoms with Crippen LogP contribution in [0.15, 0.2) is 21.9 Å². The van der Waals surface area contributed by atoms with Gasteiger partial charge in [0.2, 0.25) is 23.6 Å². The minimum absolute atomic E-state index is 0.00343. The fourth-order valence-corrected chi connectivity index (χ4v) is 8.78. The van der Waals surface area contributed by atoms with E-state index in [1.807, 2.05) is 4.98 Å². The van der Waals surface area contributed by atoms with E-state index in [1.165, 1.54) is 0 Å². The molecule has 70 heavy (non-hydrogen) atoms. The third-order valence-electron chi connectivity index (χ3n) is 10.2. The van der Waals surface area contributed by atoms with Crippen molar-refractivity contribution < 1.29 is 116 Å². The molecule has 3 unspecified atom stereocenters. The topological polar surface area (TPSA) is 520 Å². The minimum atomic E-state index is -5.94. The first-order valence-corrected chi connectivity index (χ1v) is 23.7. The maximum absolute atomic E-state index is 13.2. The summed E-state index contributed by atoms with van der Waals surface area (Å²) in [6, 6.07) is -7.11. The Morgan fingerprint density at radius 2 is 1.47 bits per heavy atom. The predicted octanol–water partition coefficient (Wildman–Crippen LogP) is -6.23. The standard InChI is InChI=1S/C35H55N7O26P2/c1-13(28(50)40-18(33(56)57)7-8-21(45)39-17(32(54)55)6-4-5-16(36)31(52)53)37-29(51)14(2)64-27-23(38-15(3)44)34(66-19(11-43)25(27)48)67-70(61,62)68-69(59,60)63-12-20-24(47)26(49)30(65-20)42-10-9-22(46)41-35(42)58/h9-10,13-14,16-20,23-27,30,34,43,47-49H,4-8,11-12,36H2,1-3H3,(H,37,51)(H,38,44)(H,39,45)(H,40,50)(H,52,53)(H,54,55)(H,56,57)(H,59,60)(H,61,62)(H,41,46,58)/t13-,14+,16+,17-,18+,19+,20+,23+,24+,25+,26+,27+,30+,34?/m0/s1. The monoisotopic (exact) mass is 1050 g/mol. The van der Waals surface area contributed by atoms with Gasteiger partial charge in [-0.3, -0.25) is 47.4 Å². The van der Waals surface area contributed by atoms with E-state index in [-0.39, 0.29) is 19.3 Å². The summed E-state index contributed by atoms with van der Waals surface area (Å²) in [6.45, 7) is 0.794. The van der Waals surface area contributed by atoms with Crippen LogP contribution in [0.1, 0.15) is 59.1 Å². The molecule has 1 aromatic rings. The lowest BCUT2D eigenvalue weighted by Gasteiger charge is -2.44. The molecule has 2 aliphatic heterocycles. The molecule has 16 N–H and O–H groups in total. The molecule has 1 aromatic heterocycles. The number of nitrogens with two attached hydrogens (primary N) is 1. The van der Waals surface area contributed by atoms with E-state index in [0.29, 0.717) is 4.57 Å². The first-order chi connectivity index (χ1) is 32.5. The highest BCUT2D eigenvalue weighted by Crippen LogP contribution is 2.61. The number of rotatable bonds is 27. The van der Waals surface area contributed by atoms with E-state index < -0.39 is 180 Å². The lowest BCUT2D eigenvalue weighted by molar-refractivity contribution is -0.261. The number of aliphatic carboxylic acids is 3. The fraction of sp³-hybridized carbons (Fsp3) is 0.686. The Morgan fingerprint density at radius 1 is 0.843 bits per heavy atom. The van der Waals surface area contributed by atoms with Gasteiger partial charge in [0, 0.05) is 25.6 Å². The Morgan fingerprint density at radius 3 is 2.04 bits per heavy atom. The molecule has 35 heteroatoms. The van der Waals surface area contributed by atoms with Crippen molar-refractivity contribution in [2.75, 3.05) is 13.2 Å². The van der Waals surface area contributed by atoms with Crippen LogP contribution in [0.2, 0.25) is 0 Å². The number of aromatic nitrogens is 2. The summed E-state index contributed by atoms with van der Waals surface area (Å²) in [5.41, 5.74) is 3.51. The number of phosphoric ester groups is 2. The molecule has 0 aromatic carbocycles. The zero-order valence-electron chi connectivity index (χ0n) is 37.1. The van der Waals surface area contributed by atoms with E-state index in [1.54, 1.807) is 0 Å². The third-order valence-corrected chi connectivity index (χ3v) is 12.8. The van der Waals surface area contributed by atoms with Crippen molar-refractivity contribution >= 4 is 57.2 Å². The largest absolute Gasteiger partial charge is 0.483 e. The first kappa shape index (κ1) is 59.2. The number of carboxylic acid groups (broad SMARTS) is 3. The van der Waals surface area contributed by atoms with Crippen LogP contribution in [0, 0.1) is 0 Å². The summed E-state index contributed by atoms with van der Waals surface area (Å²) in [5, 5.41) is 78.4. The molecule has 3 rings (SSSR count).